The van der Waals surface area contributed by atoms with Crippen LogP contribution in [0.5, 0.6) is 0 Å². The van der Waals surface area contributed by atoms with E-state index in [0.717, 1.165) is 7.11 Å². The molecule has 1 heterocycles. The minimum atomic E-state index is -3.87. The van der Waals surface area contributed by atoms with Crippen molar-refractivity contribution in [3.05, 3.63) is 40.1 Å². The molecule has 0 aliphatic carbocycles. The number of Topliss-reactive ketones (excluding diaryl/α,β-unsaturated/α-hetero) is 1. The molecule has 0 atom stereocenters. The van der Waals surface area contributed by atoms with Gasteiger partial charge >= 0.3 is 18.1 Å². The lowest BCUT2D eigenvalue weighted by Gasteiger charge is -2.01. The predicted octanol–water partition coefficient (Wildman–Crippen LogP) is 5.61. The van der Waals surface area contributed by atoms with E-state index >= 15 is 0 Å². The van der Waals surface area contributed by atoms with Crippen molar-refractivity contribution >= 4 is 85.5 Å². The first-order valence-corrected chi connectivity index (χ1v) is 13.2. The van der Waals surface area contributed by atoms with Gasteiger partial charge in [0.1, 0.15) is 0 Å². The SMILES string of the molecule is COC(=O)C(=O)c1c[nH]c2cccc([N+](=O)[O-])c12.O=P(Cl)(Cl)OP(=O)(Cl)Cl. The zero-order chi connectivity index (χ0) is 21.0. The van der Waals surface area contributed by atoms with Crippen LogP contribution in [0.2, 0.25) is 0 Å². The molecule has 10 nitrogen and oxygen atoms in total. The summed E-state index contributed by atoms with van der Waals surface area (Å²) in [5.74, 6) is -1.98. The number of hydrogen-bond donors (Lipinski definition) is 1. The maximum atomic E-state index is 11.7. The van der Waals surface area contributed by atoms with Gasteiger partial charge in [-0.1, -0.05) is 6.07 Å². The number of hydrogen-bond acceptors (Lipinski definition) is 8. The van der Waals surface area contributed by atoms with E-state index in [-0.39, 0.29) is 16.6 Å². The molecule has 0 aliphatic rings. The van der Waals surface area contributed by atoms with E-state index in [1.165, 1.54) is 18.3 Å². The van der Waals surface area contributed by atoms with Crippen molar-refractivity contribution < 1.29 is 32.7 Å². The number of nitro groups is 1. The topological polar surface area (TPSA) is 146 Å². The number of nitrogens with zero attached hydrogens (tertiary/aromatic N) is 1. The largest absolute Gasteiger partial charge is 0.463 e. The Morgan fingerprint density at radius 1 is 1.15 bits per heavy atom. The Hall–Kier alpha value is -1.12. The van der Waals surface area contributed by atoms with Crippen molar-refractivity contribution in [2.45, 2.75) is 0 Å². The number of halogens is 4. The van der Waals surface area contributed by atoms with Gasteiger partial charge < -0.3 is 9.72 Å². The van der Waals surface area contributed by atoms with E-state index in [1.54, 1.807) is 6.07 Å². The summed E-state index contributed by atoms with van der Waals surface area (Å²) >= 11 is 19.1. The molecule has 1 N–H and O–H groups in total. The zero-order valence-corrected chi connectivity index (χ0v) is 17.7. The number of methoxy groups -OCH3 is 1. The standard InChI is InChI=1S/C11H8N2O5.Cl4O3P2/c1-18-11(15)10(14)6-5-12-7-3-2-4-8(9(6)7)13(16)17;1-8(2,5)7-9(3,4)6/h2-5,12H,1H3;. The molecule has 0 amide bonds. The highest BCUT2D eigenvalue weighted by Crippen LogP contribution is 2.74. The van der Waals surface area contributed by atoms with E-state index in [4.69, 9.17) is 45.0 Å². The third-order valence-corrected chi connectivity index (χ3v) is 6.43. The lowest BCUT2D eigenvalue weighted by Crippen LogP contribution is -2.15. The molecule has 0 aliphatic heterocycles. The lowest BCUT2D eigenvalue weighted by molar-refractivity contribution is -0.383. The molecule has 2 rings (SSSR count). The molecule has 148 valence electrons. The van der Waals surface area contributed by atoms with Gasteiger partial charge in [0.15, 0.2) is 0 Å². The van der Waals surface area contributed by atoms with Gasteiger partial charge in [-0.3, -0.25) is 24.0 Å². The number of aromatic amines is 1. The average Bonchev–Trinajstić information content (AvgIpc) is 2.94. The molecule has 1 aromatic carbocycles. The van der Waals surface area contributed by atoms with Gasteiger partial charge in [0.2, 0.25) is 0 Å². The van der Waals surface area contributed by atoms with Crippen LogP contribution < -0.4 is 0 Å². The third-order valence-electron chi connectivity index (χ3n) is 2.69. The molecular formula is C11H8Cl4N2O8P2. The van der Waals surface area contributed by atoms with Crippen molar-refractivity contribution in [1.29, 1.82) is 0 Å². The summed E-state index contributed by atoms with van der Waals surface area (Å²) in [7, 11) is 1.07. The fraction of sp³-hybridized carbons (Fsp3) is 0.0909. The van der Waals surface area contributed by atoms with Crippen LogP contribution in [0.3, 0.4) is 0 Å². The molecule has 16 heteroatoms. The average molecular weight is 500 g/mol. The fourth-order valence-electron chi connectivity index (χ4n) is 1.81. The Morgan fingerprint density at radius 2 is 1.70 bits per heavy atom. The minimum Gasteiger partial charge on any atom is -0.463 e. The van der Waals surface area contributed by atoms with E-state index in [0.29, 0.717) is 5.52 Å². The second-order valence-corrected chi connectivity index (χ2v) is 13.1. The number of rotatable bonds is 5. The van der Waals surface area contributed by atoms with Crippen molar-refractivity contribution in [1.82, 2.24) is 4.98 Å². The van der Waals surface area contributed by atoms with Crippen LogP contribution >= 0.6 is 57.1 Å². The van der Waals surface area contributed by atoms with Crippen molar-refractivity contribution in [2.24, 2.45) is 0 Å². The predicted molar refractivity (Wildman–Crippen MR) is 101 cm³/mol. The van der Waals surface area contributed by atoms with Gasteiger partial charge in [0.25, 0.3) is 11.5 Å². The summed E-state index contributed by atoms with van der Waals surface area (Å²) in [6, 6.07) is 4.34. The summed E-state index contributed by atoms with van der Waals surface area (Å²) in [5.41, 5.74) is 0.113. The quantitative estimate of drug-likeness (QED) is 0.139. The maximum absolute atomic E-state index is 11.7. The van der Waals surface area contributed by atoms with Crippen LogP contribution in [-0.2, 0) is 23.0 Å². The molecule has 0 radical (unpaired) electrons. The van der Waals surface area contributed by atoms with Crippen molar-refractivity contribution in [3.63, 3.8) is 0 Å². The summed E-state index contributed by atoms with van der Waals surface area (Å²) in [6.45, 7) is 0. The van der Waals surface area contributed by atoms with Gasteiger partial charge in [-0.15, -0.1) is 0 Å². The van der Waals surface area contributed by atoms with Gasteiger partial charge in [-0.05, 0) is 51.0 Å². The molecule has 27 heavy (non-hydrogen) atoms. The summed E-state index contributed by atoms with van der Waals surface area (Å²) < 4.78 is 28.5. The molecule has 1 aromatic heterocycles. The van der Waals surface area contributed by atoms with E-state index in [1.807, 2.05) is 0 Å². The molecule has 2 aromatic rings. The second kappa shape index (κ2) is 9.39. The zero-order valence-electron chi connectivity index (χ0n) is 12.9. The molecule has 0 unspecified atom stereocenters. The van der Waals surface area contributed by atoms with Crippen LogP contribution in [0.1, 0.15) is 10.4 Å². The van der Waals surface area contributed by atoms with E-state index < -0.39 is 28.8 Å². The number of non-ortho nitro benzene ring substituents is 1. The van der Waals surface area contributed by atoms with Crippen LogP contribution in [0.25, 0.3) is 10.9 Å². The number of nitrogens with one attached hydrogen (secondary N) is 1. The highest BCUT2D eigenvalue weighted by atomic mass is 35.9. The summed E-state index contributed by atoms with van der Waals surface area (Å²) in [6.07, 6.45) is -6.48. The number of carbonyl (C=O) groups is 2. The Balaban J connectivity index is 0.000000345. The normalized spacial score (nSPS) is 11.4. The van der Waals surface area contributed by atoms with Crippen LogP contribution in [0, 0.1) is 10.1 Å². The Bertz CT molecular complexity index is 962. The first kappa shape index (κ1) is 23.9. The highest BCUT2D eigenvalue weighted by Gasteiger charge is 2.27. The van der Waals surface area contributed by atoms with Gasteiger partial charge in [0.05, 0.1) is 28.5 Å². The van der Waals surface area contributed by atoms with Crippen molar-refractivity contribution in [3.8, 4) is 0 Å². The van der Waals surface area contributed by atoms with Crippen molar-refractivity contribution in [2.75, 3.05) is 7.11 Å². The molecule has 0 saturated carbocycles. The van der Waals surface area contributed by atoms with Gasteiger partial charge in [0, 0.05) is 12.3 Å². The van der Waals surface area contributed by atoms with Crippen LogP contribution in [0.15, 0.2) is 24.4 Å². The lowest BCUT2D eigenvalue weighted by atomic mass is 10.1. The molecular weight excluding hydrogens is 492 g/mol. The number of esters is 1. The number of aromatic nitrogens is 1. The number of H-pyrrole nitrogens is 1. The second-order valence-electron chi connectivity index (χ2n) is 4.39. The van der Waals surface area contributed by atoms with Crippen LogP contribution in [-0.4, -0.2) is 28.8 Å². The fourth-order valence-corrected chi connectivity index (χ4v) is 6.96. The number of carbonyl (C=O) groups excluding carboxylic acids is 2. The number of ether oxygens (including phenoxy) is 1. The number of benzene rings is 1. The summed E-state index contributed by atoms with van der Waals surface area (Å²) in [4.78, 5) is 35.9. The first-order chi connectivity index (χ1) is 12.3. The number of nitro benzene ring substituents is 1. The highest BCUT2D eigenvalue weighted by molar-refractivity contribution is 8.15. The Morgan fingerprint density at radius 3 is 2.11 bits per heavy atom. The molecule has 0 saturated heterocycles. The van der Waals surface area contributed by atoms with Gasteiger partial charge in [-0.25, -0.2) is 9.11 Å². The summed E-state index contributed by atoms with van der Waals surface area (Å²) in [5, 5.41) is 11.0. The minimum absolute atomic E-state index is 0.0656. The maximum Gasteiger partial charge on any atom is 0.387 e. The smallest absolute Gasteiger partial charge is 0.387 e. The van der Waals surface area contributed by atoms with Crippen LogP contribution in [0.4, 0.5) is 5.69 Å². The monoisotopic (exact) mass is 498 g/mol. The third kappa shape index (κ3) is 7.43. The Labute approximate surface area is 170 Å². The number of fused-ring (bicyclic) bond motifs is 1. The molecule has 0 bridgehead atoms. The molecule has 0 spiro atoms. The number of ketones is 1. The molecule has 0 fully saturated rings. The Kier molecular flexibility index (Phi) is 8.31. The van der Waals surface area contributed by atoms with E-state index in [9.17, 15) is 28.8 Å². The van der Waals surface area contributed by atoms with Gasteiger partial charge in [-0.2, -0.15) is 0 Å². The van der Waals surface area contributed by atoms with E-state index in [2.05, 4.69) is 14.0 Å². The first-order valence-electron chi connectivity index (χ1n) is 6.34.